The van der Waals surface area contributed by atoms with Crippen LogP contribution in [-0.4, -0.2) is 23.3 Å². The molecule has 4 heteroatoms. The first kappa shape index (κ1) is 12.9. The fourth-order valence-corrected chi connectivity index (χ4v) is 2.28. The van der Waals surface area contributed by atoms with E-state index in [9.17, 15) is 9.90 Å². The van der Waals surface area contributed by atoms with Gasteiger partial charge in [0, 0.05) is 6.54 Å². The zero-order chi connectivity index (χ0) is 12.8. The summed E-state index contributed by atoms with van der Waals surface area (Å²) in [5.74, 6) is 0. The van der Waals surface area contributed by atoms with Gasteiger partial charge >= 0.3 is 6.03 Å². The van der Waals surface area contributed by atoms with Crippen LogP contribution in [0.1, 0.15) is 31.2 Å². The Labute approximate surface area is 107 Å². The Morgan fingerprint density at radius 1 is 1.22 bits per heavy atom. The summed E-state index contributed by atoms with van der Waals surface area (Å²) in [5.41, 5.74) is 1.07. The first-order chi connectivity index (χ1) is 8.75. The number of urea groups is 1. The van der Waals surface area contributed by atoms with Crippen molar-refractivity contribution < 1.29 is 9.90 Å². The molecule has 0 bridgehead atoms. The van der Waals surface area contributed by atoms with Crippen molar-refractivity contribution in [3.63, 3.8) is 0 Å². The predicted octanol–water partition coefficient (Wildman–Crippen LogP) is 1.79. The lowest BCUT2D eigenvalue weighted by Gasteiger charge is -2.28. The average Bonchev–Trinajstić information content (AvgIpc) is 2.40. The highest BCUT2D eigenvalue weighted by molar-refractivity contribution is 5.74. The third kappa shape index (κ3) is 3.74. The highest BCUT2D eigenvalue weighted by atomic mass is 16.3. The summed E-state index contributed by atoms with van der Waals surface area (Å²) in [6, 6.07) is 9.46. The van der Waals surface area contributed by atoms with E-state index < -0.39 is 6.10 Å². The van der Waals surface area contributed by atoms with Crippen LogP contribution in [-0.2, 0) is 6.54 Å². The summed E-state index contributed by atoms with van der Waals surface area (Å²) in [5, 5.41) is 15.4. The minimum atomic E-state index is -0.402. The van der Waals surface area contributed by atoms with E-state index in [4.69, 9.17) is 0 Å². The Morgan fingerprint density at radius 2 is 1.94 bits per heavy atom. The maximum Gasteiger partial charge on any atom is 0.315 e. The number of nitrogens with one attached hydrogen (secondary N) is 2. The molecule has 2 rings (SSSR count). The summed E-state index contributed by atoms with van der Waals surface area (Å²) in [6.45, 7) is 0.509. The first-order valence-corrected chi connectivity index (χ1v) is 6.52. The molecule has 0 aliphatic heterocycles. The van der Waals surface area contributed by atoms with E-state index in [-0.39, 0.29) is 12.1 Å². The smallest absolute Gasteiger partial charge is 0.315 e. The molecule has 0 aromatic heterocycles. The van der Waals surface area contributed by atoms with Crippen LogP contribution in [0.15, 0.2) is 30.3 Å². The van der Waals surface area contributed by atoms with Gasteiger partial charge in [0.2, 0.25) is 0 Å². The van der Waals surface area contributed by atoms with Gasteiger partial charge in [-0.1, -0.05) is 43.2 Å². The standard InChI is InChI=1S/C14H20N2O2/c17-13-9-5-4-8-12(13)16-14(18)15-10-11-6-2-1-3-7-11/h1-3,6-7,12-13,17H,4-5,8-10H2,(H2,15,16,18)/t12-,13-/m0/s1. The van der Waals surface area contributed by atoms with Gasteiger partial charge in [0.15, 0.2) is 0 Å². The Hall–Kier alpha value is -1.55. The number of aliphatic hydroxyl groups excluding tert-OH is 1. The largest absolute Gasteiger partial charge is 0.391 e. The van der Waals surface area contributed by atoms with Crippen molar-refractivity contribution in [2.75, 3.05) is 0 Å². The van der Waals surface area contributed by atoms with Gasteiger partial charge in [-0.15, -0.1) is 0 Å². The molecule has 1 fully saturated rings. The van der Waals surface area contributed by atoms with Crippen molar-refractivity contribution in [2.45, 2.75) is 44.4 Å². The summed E-state index contributed by atoms with van der Waals surface area (Å²) in [6.07, 6.45) is 3.36. The van der Waals surface area contributed by atoms with Gasteiger partial charge in [-0.05, 0) is 18.4 Å². The number of hydrogen-bond acceptors (Lipinski definition) is 2. The molecular formula is C14H20N2O2. The third-order valence-electron chi connectivity index (χ3n) is 3.34. The molecule has 1 aliphatic carbocycles. The average molecular weight is 248 g/mol. The van der Waals surface area contributed by atoms with Gasteiger partial charge in [0.05, 0.1) is 12.1 Å². The number of rotatable bonds is 3. The molecule has 4 nitrogen and oxygen atoms in total. The van der Waals surface area contributed by atoms with Gasteiger partial charge in [-0.25, -0.2) is 4.79 Å². The van der Waals surface area contributed by atoms with Crippen molar-refractivity contribution in [2.24, 2.45) is 0 Å². The molecule has 2 atom stereocenters. The van der Waals surface area contributed by atoms with Gasteiger partial charge < -0.3 is 15.7 Å². The Morgan fingerprint density at radius 3 is 2.67 bits per heavy atom. The maximum absolute atomic E-state index is 11.7. The van der Waals surface area contributed by atoms with Crippen molar-refractivity contribution in [1.82, 2.24) is 10.6 Å². The number of benzene rings is 1. The number of amides is 2. The fraction of sp³-hybridized carbons (Fsp3) is 0.500. The van der Waals surface area contributed by atoms with Crippen molar-refractivity contribution >= 4 is 6.03 Å². The molecule has 1 aliphatic rings. The molecular weight excluding hydrogens is 228 g/mol. The molecule has 1 aromatic carbocycles. The predicted molar refractivity (Wildman–Crippen MR) is 70.1 cm³/mol. The molecule has 0 heterocycles. The molecule has 2 amide bonds. The molecule has 0 radical (unpaired) electrons. The Bertz CT molecular complexity index is 381. The highest BCUT2D eigenvalue weighted by Gasteiger charge is 2.24. The van der Waals surface area contributed by atoms with Gasteiger partial charge in [0.25, 0.3) is 0 Å². The van der Waals surface area contributed by atoms with E-state index in [1.54, 1.807) is 0 Å². The second-order valence-electron chi connectivity index (χ2n) is 4.77. The maximum atomic E-state index is 11.7. The van der Waals surface area contributed by atoms with E-state index in [1.165, 1.54) is 0 Å². The van der Waals surface area contributed by atoms with Crippen molar-refractivity contribution in [3.8, 4) is 0 Å². The fourth-order valence-electron chi connectivity index (χ4n) is 2.28. The summed E-state index contributed by atoms with van der Waals surface area (Å²) < 4.78 is 0. The lowest BCUT2D eigenvalue weighted by atomic mass is 9.93. The molecule has 1 saturated carbocycles. The Kier molecular flexibility index (Phi) is 4.59. The monoisotopic (exact) mass is 248 g/mol. The third-order valence-corrected chi connectivity index (χ3v) is 3.34. The zero-order valence-electron chi connectivity index (χ0n) is 10.4. The van der Waals surface area contributed by atoms with Crippen molar-refractivity contribution in [3.05, 3.63) is 35.9 Å². The quantitative estimate of drug-likeness (QED) is 0.763. The molecule has 0 spiro atoms. The van der Waals surface area contributed by atoms with Gasteiger partial charge in [-0.3, -0.25) is 0 Å². The normalized spacial score (nSPS) is 23.4. The number of hydrogen-bond donors (Lipinski definition) is 3. The van der Waals surface area contributed by atoms with E-state index >= 15 is 0 Å². The van der Waals surface area contributed by atoms with E-state index in [1.807, 2.05) is 30.3 Å². The van der Waals surface area contributed by atoms with Crippen molar-refractivity contribution in [1.29, 1.82) is 0 Å². The van der Waals surface area contributed by atoms with Gasteiger partial charge in [-0.2, -0.15) is 0 Å². The lowest BCUT2D eigenvalue weighted by Crippen LogP contribution is -2.48. The SMILES string of the molecule is O=C(NCc1ccccc1)N[C@H]1CCCC[C@@H]1O. The topological polar surface area (TPSA) is 61.4 Å². The lowest BCUT2D eigenvalue weighted by molar-refractivity contribution is 0.0943. The number of carbonyl (C=O) groups is 1. The number of carbonyl (C=O) groups excluding carboxylic acids is 1. The zero-order valence-corrected chi connectivity index (χ0v) is 10.4. The van der Waals surface area contributed by atoms with Crippen LogP contribution in [0.2, 0.25) is 0 Å². The second kappa shape index (κ2) is 6.40. The Balaban J connectivity index is 1.75. The van der Waals surface area contributed by atoms with E-state index in [2.05, 4.69) is 10.6 Å². The second-order valence-corrected chi connectivity index (χ2v) is 4.77. The van der Waals surface area contributed by atoms with Crippen LogP contribution in [0.4, 0.5) is 4.79 Å². The van der Waals surface area contributed by atoms with Crippen LogP contribution >= 0.6 is 0 Å². The molecule has 98 valence electrons. The van der Waals surface area contributed by atoms with E-state index in [0.29, 0.717) is 6.54 Å². The van der Waals surface area contributed by atoms with Crippen LogP contribution in [0, 0.1) is 0 Å². The van der Waals surface area contributed by atoms with Crippen LogP contribution in [0.5, 0.6) is 0 Å². The molecule has 3 N–H and O–H groups in total. The molecule has 0 unspecified atom stereocenters. The highest BCUT2D eigenvalue weighted by Crippen LogP contribution is 2.18. The number of aliphatic hydroxyl groups is 1. The molecule has 0 saturated heterocycles. The van der Waals surface area contributed by atoms with Crippen LogP contribution in [0.25, 0.3) is 0 Å². The minimum Gasteiger partial charge on any atom is -0.391 e. The van der Waals surface area contributed by atoms with Crippen LogP contribution < -0.4 is 10.6 Å². The summed E-state index contributed by atoms with van der Waals surface area (Å²) in [7, 11) is 0. The molecule has 18 heavy (non-hydrogen) atoms. The summed E-state index contributed by atoms with van der Waals surface area (Å²) in [4.78, 5) is 11.7. The molecule has 1 aromatic rings. The summed E-state index contributed by atoms with van der Waals surface area (Å²) >= 11 is 0. The van der Waals surface area contributed by atoms with Crippen LogP contribution in [0.3, 0.4) is 0 Å². The van der Waals surface area contributed by atoms with E-state index in [0.717, 1.165) is 31.2 Å². The van der Waals surface area contributed by atoms with Gasteiger partial charge in [0.1, 0.15) is 0 Å². The minimum absolute atomic E-state index is 0.102. The first-order valence-electron chi connectivity index (χ1n) is 6.52.